The highest BCUT2D eigenvalue weighted by Gasteiger charge is 2.35. The molecule has 0 aromatic heterocycles. The van der Waals surface area contributed by atoms with E-state index >= 15 is 0 Å². The maximum absolute atomic E-state index is 12.5. The zero-order valence-electron chi connectivity index (χ0n) is 12.4. The maximum Gasteiger partial charge on any atom is 0.328 e. The minimum Gasteiger partial charge on any atom is -0.480 e. The second kappa shape index (κ2) is 6.26. The number of aliphatic carboxylic acids is 1. The molecule has 1 saturated heterocycles. The summed E-state index contributed by atoms with van der Waals surface area (Å²) >= 11 is 0. The molecule has 0 spiro atoms. The highest BCUT2D eigenvalue weighted by atomic mass is 16.5. The van der Waals surface area contributed by atoms with Gasteiger partial charge in [-0.05, 0) is 11.0 Å². The van der Waals surface area contributed by atoms with Crippen LogP contribution in [0.5, 0.6) is 0 Å². The molecule has 0 saturated carbocycles. The van der Waals surface area contributed by atoms with E-state index in [1.54, 1.807) is 0 Å². The zero-order chi connectivity index (χ0) is 15.5. The van der Waals surface area contributed by atoms with Crippen molar-refractivity contribution in [2.75, 3.05) is 19.8 Å². The van der Waals surface area contributed by atoms with Gasteiger partial charge < -0.3 is 14.7 Å². The average Bonchev–Trinajstić information content (AvgIpc) is 2.47. The van der Waals surface area contributed by atoms with Gasteiger partial charge >= 0.3 is 5.97 Å². The van der Waals surface area contributed by atoms with Crippen molar-refractivity contribution < 1.29 is 19.4 Å². The summed E-state index contributed by atoms with van der Waals surface area (Å²) in [6.45, 7) is 4.78. The quantitative estimate of drug-likeness (QED) is 0.916. The van der Waals surface area contributed by atoms with E-state index in [1.807, 2.05) is 44.2 Å². The van der Waals surface area contributed by atoms with Crippen molar-refractivity contribution in [2.24, 2.45) is 0 Å². The summed E-state index contributed by atoms with van der Waals surface area (Å²) in [7, 11) is 0. The Bertz CT molecular complexity index is 512. The highest BCUT2D eigenvalue weighted by molar-refractivity contribution is 5.84. The van der Waals surface area contributed by atoms with Gasteiger partial charge in [0.15, 0.2) is 6.04 Å². The second-order valence-electron chi connectivity index (χ2n) is 5.94. The van der Waals surface area contributed by atoms with E-state index in [0.717, 1.165) is 5.56 Å². The number of morpholine rings is 1. The van der Waals surface area contributed by atoms with E-state index in [-0.39, 0.29) is 24.3 Å². The van der Waals surface area contributed by atoms with Gasteiger partial charge in [-0.15, -0.1) is 0 Å². The molecule has 1 heterocycles. The van der Waals surface area contributed by atoms with E-state index in [1.165, 1.54) is 4.90 Å². The molecular weight excluding hydrogens is 270 g/mol. The molecule has 0 radical (unpaired) electrons. The molecule has 1 N–H and O–H groups in total. The van der Waals surface area contributed by atoms with E-state index in [4.69, 9.17) is 4.74 Å². The van der Waals surface area contributed by atoms with Crippen molar-refractivity contribution in [1.82, 2.24) is 4.90 Å². The molecule has 1 fully saturated rings. The minimum atomic E-state index is -1.01. The van der Waals surface area contributed by atoms with E-state index in [9.17, 15) is 14.7 Å². The second-order valence-corrected chi connectivity index (χ2v) is 5.94. The third kappa shape index (κ3) is 3.61. The number of carbonyl (C=O) groups is 2. The van der Waals surface area contributed by atoms with Gasteiger partial charge in [0.2, 0.25) is 5.91 Å². The lowest BCUT2D eigenvalue weighted by atomic mass is 9.81. The average molecular weight is 291 g/mol. The summed E-state index contributed by atoms with van der Waals surface area (Å²) in [6, 6.07) is 8.91. The van der Waals surface area contributed by atoms with Crippen molar-refractivity contribution in [1.29, 1.82) is 0 Å². The zero-order valence-corrected chi connectivity index (χ0v) is 12.4. The van der Waals surface area contributed by atoms with Crippen LogP contribution in [0.15, 0.2) is 30.3 Å². The van der Waals surface area contributed by atoms with E-state index in [0.29, 0.717) is 13.2 Å². The van der Waals surface area contributed by atoms with Crippen LogP contribution in [0.25, 0.3) is 0 Å². The number of carboxylic acids is 1. The summed E-state index contributed by atoms with van der Waals surface area (Å²) < 4.78 is 5.16. The number of hydrogen-bond donors (Lipinski definition) is 1. The SMILES string of the molecule is CC(C)(CC(=O)N1CCOC[C@@H]1C(=O)O)c1ccccc1. The Balaban J connectivity index is 2.11. The standard InChI is InChI=1S/C16H21NO4/c1-16(2,12-6-4-3-5-7-12)10-14(18)17-8-9-21-11-13(17)15(19)20/h3-7,13H,8-11H2,1-2H3,(H,19,20)/t13-/m1/s1. The van der Waals surface area contributed by atoms with Crippen LogP contribution >= 0.6 is 0 Å². The molecule has 5 heteroatoms. The first-order chi connectivity index (χ1) is 9.92. The van der Waals surface area contributed by atoms with Gasteiger partial charge in [-0.1, -0.05) is 44.2 Å². The molecule has 0 unspecified atom stereocenters. The van der Waals surface area contributed by atoms with Crippen LogP contribution in [0, 0.1) is 0 Å². The Morgan fingerprint density at radius 1 is 1.33 bits per heavy atom. The number of carbonyl (C=O) groups excluding carboxylic acids is 1. The number of benzene rings is 1. The van der Waals surface area contributed by atoms with E-state index < -0.39 is 12.0 Å². The molecule has 1 aliphatic rings. The van der Waals surface area contributed by atoms with Crippen molar-refractivity contribution in [2.45, 2.75) is 31.7 Å². The normalized spacial score (nSPS) is 19.3. The third-order valence-electron chi connectivity index (χ3n) is 3.88. The van der Waals surface area contributed by atoms with Gasteiger partial charge in [0.05, 0.1) is 13.2 Å². The fourth-order valence-electron chi connectivity index (χ4n) is 2.58. The summed E-state index contributed by atoms with van der Waals surface area (Å²) in [5.41, 5.74) is 0.734. The monoisotopic (exact) mass is 291 g/mol. The first kappa shape index (κ1) is 15.5. The predicted molar refractivity (Wildman–Crippen MR) is 78.0 cm³/mol. The number of rotatable bonds is 4. The van der Waals surface area contributed by atoms with Crippen molar-refractivity contribution in [3.63, 3.8) is 0 Å². The number of amides is 1. The van der Waals surface area contributed by atoms with Gasteiger partial charge in [0, 0.05) is 13.0 Å². The lowest BCUT2D eigenvalue weighted by Crippen LogP contribution is -2.53. The van der Waals surface area contributed by atoms with E-state index in [2.05, 4.69) is 0 Å². The Morgan fingerprint density at radius 3 is 2.62 bits per heavy atom. The maximum atomic E-state index is 12.5. The number of carboxylic acid groups (broad SMARTS) is 1. The lowest BCUT2D eigenvalue weighted by Gasteiger charge is -2.35. The highest BCUT2D eigenvalue weighted by Crippen LogP contribution is 2.28. The molecule has 0 aliphatic carbocycles. The fourth-order valence-corrected chi connectivity index (χ4v) is 2.58. The molecule has 2 rings (SSSR count). The first-order valence-electron chi connectivity index (χ1n) is 7.07. The van der Waals surface area contributed by atoms with Crippen molar-refractivity contribution >= 4 is 11.9 Å². The molecule has 1 atom stereocenters. The summed E-state index contributed by atoms with van der Waals surface area (Å²) in [6.07, 6.45) is 0.279. The molecule has 1 aromatic carbocycles. The number of ether oxygens (including phenoxy) is 1. The van der Waals surface area contributed by atoms with Gasteiger partial charge in [-0.2, -0.15) is 0 Å². The van der Waals surface area contributed by atoms with Gasteiger partial charge in [-0.25, -0.2) is 4.79 Å². The van der Waals surface area contributed by atoms with Crippen molar-refractivity contribution in [3.8, 4) is 0 Å². The van der Waals surface area contributed by atoms with Gasteiger partial charge in [0.25, 0.3) is 0 Å². The Kier molecular flexibility index (Phi) is 4.63. The van der Waals surface area contributed by atoms with Crippen molar-refractivity contribution in [3.05, 3.63) is 35.9 Å². The van der Waals surface area contributed by atoms with Crippen LogP contribution in [0.2, 0.25) is 0 Å². The molecule has 0 bridgehead atoms. The molecule has 21 heavy (non-hydrogen) atoms. The van der Waals surface area contributed by atoms with Gasteiger partial charge in [0.1, 0.15) is 0 Å². The van der Waals surface area contributed by atoms with Crippen LogP contribution in [-0.4, -0.2) is 47.7 Å². The predicted octanol–water partition coefficient (Wildman–Crippen LogP) is 1.67. The molecular formula is C16H21NO4. The Labute approximate surface area is 124 Å². The molecule has 114 valence electrons. The topological polar surface area (TPSA) is 66.8 Å². The number of hydrogen-bond acceptors (Lipinski definition) is 3. The van der Waals surface area contributed by atoms with Crippen LogP contribution in [0.1, 0.15) is 25.8 Å². The molecule has 1 aliphatic heterocycles. The molecule has 1 amide bonds. The fraction of sp³-hybridized carbons (Fsp3) is 0.500. The van der Waals surface area contributed by atoms with Crippen LogP contribution in [-0.2, 0) is 19.7 Å². The largest absolute Gasteiger partial charge is 0.480 e. The molecule has 5 nitrogen and oxygen atoms in total. The Hall–Kier alpha value is -1.88. The summed E-state index contributed by atoms with van der Waals surface area (Å²) in [4.78, 5) is 25.2. The van der Waals surface area contributed by atoms with Crippen LogP contribution in [0.4, 0.5) is 0 Å². The Morgan fingerprint density at radius 2 is 2.00 bits per heavy atom. The number of nitrogens with zero attached hydrogens (tertiary/aromatic N) is 1. The third-order valence-corrected chi connectivity index (χ3v) is 3.88. The first-order valence-corrected chi connectivity index (χ1v) is 7.07. The summed E-state index contributed by atoms with van der Waals surface area (Å²) in [5, 5.41) is 9.20. The molecule has 1 aromatic rings. The van der Waals surface area contributed by atoms with Gasteiger partial charge in [-0.3, -0.25) is 4.79 Å². The minimum absolute atomic E-state index is 0.0623. The van der Waals surface area contributed by atoms with Crippen LogP contribution in [0.3, 0.4) is 0 Å². The lowest BCUT2D eigenvalue weighted by molar-refractivity contribution is -0.158. The smallest absolute Gasteiger partial charge is 0.328 e. The summed E-state index contributed by atoms with van der Waals surface area (Å²) in [5.74, 6) is -1.15. The van der Waals surface area contributed by atoms with Crippen LogP contribution < -0.4 is 0 Å².